The van der Waals surface area contributed by atoms with Crippen LogP contribution >= 0.6 is 43.2 Å². The Labute approximate surface area is 127 Å². The number of hydrogen-bond acceptors (Lipinski definition) is 2. The van der Waals surface area contributed by atoms with Gasteiger partial charge in [-0.1, -0.05) is 23.8 Å². The van der Waals surface area contributed by atoms with E-state index in [1.165, 1.54) is 22.5 Å². The lowest BCUT2D eigenvalue weighted by atomic mass is 10.0. The number of carbonyl (C=O) groups is 1. The van der Waals surface area contributed by atoms with Gasteiger partial charge in [-0.15, -0.1) is 11.3 Å². The molecule has 0 aliphatic heterocycles. The van der Waals surface area contributed by atoms with Crippen molar-refractivity contribution < 1.29 is 4.79 Å². The highest BCUT2D eigenvalue weighted by Gasteiger charge is 2.16. The summed E-state index contributed by atoms with van der Waals surface area (Å²) in [5.41, 5.74) is 3.46. The van der Waals surface area contributed by atoms with Crippen LogP contribution in [-0.4, -0.2) is 5.78 Å². The normalized spacial score (nSPS) is 10.7. The first-order valence-corrected chi connectivity index (χ1v) is 7.97. The van der Waals surface area contributed by atoms with E-state index in [1.807, 2.05) is 19.2 Å². The summed E-state index contributed by atoms with van der Waals surface area (Å²) in [5.74, 6) is 0.159. The molecule has 0 N–H and O–H groups in total. The molecule has 0 saturated carbocycles. The molecule has 0 aliphatic carbocycles. The van der Waals surface area contributed by atoms with E-state index in [1.54, 1.807) is 0 Å². The minimum Gasteiger partial charge on any atom is -0.293 e. The number of rotatable bonds is 3. The molecule has 0 unspecified atom stereocenters. The number of Topliss-reactive ketones (excluding diaryl/α,β-unsaturated/α-hetero) is 1. The van der Waals surface area contributed by atoms with E-state index in [2.05, 4.69) is 50.1 Å². The van der Waals surface area contributed by atoms with Gasteiger partial charge in [0.1, 0.15) is 0 Å². The van der Waals surface area contributed by atoms with Crippen molar-refractivity contribution in [2.24, 2.45) is 0 Å². The van der Waals surface area contributed by atoms with Gasteiger partial charge < -0.3 is 0 Å². The quantitative estimate of drug-likeness (QED) is 0.651. The molecule has 2 aromatic rings. The molecular formula is C14H12Br2OS. The van der Waals surface area contributed by atoms with Gasteiger partial charge in [-0.05, 0) is 56.8 Å². The Kier molecular flexibility index (Phi) is 4.41. The Morgan fingerprint density at radius 2 is 2.00 bits per heavy atom. The van der Waals surface area contributed by atoms with Gasteiger partial charge in [0, 0.05) is 16.3 Å². The lowest BCUT2D eigenvalue weighted by Crippen LogP contribution is -2.04. The smallest absolute Gasteiger partial charge is 0.178 e. The molecule has 1 heterocycles. The van der Waals surface area contributed by atoms with Crippen LogP contribution in [0.2, 0.25) is 0 Å². The molecule has 0 radical (unpaired) electrons. The van der Waals surface area contributed by atoms with E-state index in [-0.39, 0.29) is 5.78 Å². The third-order valence-corrected chi connectivity index (χ3v) is 6.37. The highest BCUT2D eigenvalue weighted by Crippen LogP contribution is 2.33. The fourth-order valence-electron chi connectivity index (χ4n) is 1.75. The van der Waals surface area contributed by atoms with E-state index in [0.717, 1.165) is 19.4 Å². The summed E-state index contributed by atoms with van der Waals surface area (Å²) in [6, 6.07) is 6.22. The second-order valence-corrected chi connectivity index (χ2v) is 6.78. The minimum atomic E-state index is 0.159. The summed E-state index contributed by atoms with van der Waals surface area (Å²) in [6.07, 6.45) is 0.457. The standard InChI is InChI=1S/C14H12Br2OS/c1-8-3-4-9(2)10(5-8)6-12(17)14-13(16)11(15)7-18-14/h3-5,7H,6H2,1-2H3. The van der Waals surface area contributed by atoms with E-state index in [9.17, 15) is 4.79 Å². The van der Waals surface area contributed by atoms with Crippen LogP contribution in [0.15, 0.2) is 32.5 Å². The van der Waals surface area contributed by atoms with Crippen LogP contribution in [0.5, 0.6) is 0 Å². The molecule has 0 fully saturated rings. The first-order valence-electron chi connectivity index (χ1n) is 5.51. The van der Waals surface area contributed by atoms with Crippen LogP contribution in [0.1, 0.15) is 26.4 Å². The molecule has 4 heteroatoms. The maximum atomic E-state index is 12.3. The molecule has 1 nitrogen and oxygen atoms in total. The van der Waals surface area contributed by atoms with Crippen LogP contribution in [0.4, 0.5) is 0 Å². The van der Waals surface area contributed by atoms with Crippen molar-refractivity contribution in [3.05, 3.63) is 54.1 Å². The number of halogens is 2. The summed E-state index contributed by atoms with van der Waals surface area (Å²) >= 11 is 8.32. The highest BCUT2D eigenvalue weighted by atomic mass is 79.9. The third-order valence-electron chi connectivity index (χ3n) is 2.80. The minimum absolute atomic E-state index is 0.159. The predicted octanol–water partition coefficient (Wildman–Crippen LogP) is 5.32. The molecule has 0 spiro atoms. The zero-order chi connectivity index (χ0) is 13.3. The maximum Gasteiger partial charge on any atom is 0.178 e. The van der Waals surface area contributed by atoms with Gasteiger partial charge in [0.2, 0.25) is 0 Å². The Bertz CT molecular complexity index is 602. The molecule has 0 saturated heterocycles. The van der Waals surface area contributed by atoms with E-state index in [4.69, 9.17) is 0 Å². The van der Waals surface area contributed by atoms with E-state index >= 15 is 0 Å². The summed E-state index contributed by atoms with van der Waals surface area (Å²) in [4.78, 5) is 13.1. The van der Waals surface area contributed by atoms with Gasteiger partial charge in [0.25, 0.3) is 0 Å². The molecule has 0 amide bonds. The third kappa shape index (κ3) is 2.92. The van der Waals surface area contributed by atoms with Crippen LogP contribution in [0, 0.1) is 13.8 Å². The van der Waals surface area contributed by atoms with Crippen LogP contribution in [-0.2, 0) is 6.42 Å². The number of aryl methyl sites for hydroxylation is 2. The van der Waals surface area contributed by atoms with Crippen LogP contribution < -0.4 is 0 Å². The lowest BCUT2D eigenvalue weighted by Gasteiger charge is -2.06. The molecule has 18 heavy (non-hydrogen) atoms. The second-order valence-electron chi connectivity index (χ2n) is 4.26. The van der Waals surface area contributed by atoms with Gasteiger partial charge in [0.15, 0.2) is 5.78 Å². The number of ketones is 1. The zero-order valence-electron chi connectivity index (χ0n) is 10.1. The predicted molar refractivity (Wildman–Crippen MR) is 83.7 cm³/mol. The maximum absolute atomic E-state index is 12.3. The molecule has 0 bridgehead atoms. The van der Waals surface area contributed by atoms with E-state index in [0.29, 0.717) is 6.42 Å². The van der Waals surface area contributed by atoms with Crippen molar-refractivity contribution in [2.75, 3.05) is 0 Å². The van der Waals surface area contributed by atoms with Gasteiger partial charge in [0.05, 0.1) is 9.35 Å². The molecular weight excluding hydrogens is 376 g/mol. The van der Waals surface area contributed by atoms with Crippen molar-refractivity contribution >= 4 is 49.0 Å². The van der Waals surface area contributed by atoms with Crippen LogP contribution in [0.25, 0.3) is 0 Å². The Morgan fingerprint density at radius 3 is 2.61 bits per heavy atom. The first kappa shape index (κ1) is 14.0. The molecule has 0 atom stereocenters. The number of carbonyl (C=O) groups excluding carboxylic acids is 1. The second kappa shape index (κ2) is 5.68. The Balaban J connectivity index is 2.27. The number of benzene rings is 1. The van der Waals surface area contributed by atoms with Gasteiger partial charge in [-0.3, -0.25) is 4.79 Å². The monoisotopic (exact) mass is 386 g/mol. The fraction of sp³-hybridized carbons (Fsp3) is 0.214. The number of thiophene rings is 1. The molecule has 1 aromatic carbocycles. The Hall–Kier alpha value is -0.450. The molecule has 94 valence electrons. The first-order chi connectivity index (χ1) is 8.49. The van der Waals surface area contributed by atoms with E-state index < -0.39 is 0 Å². The van der Waals surface area contributed by atoms with Gasteiger partial charge >= 0.3 is 0 Å². The average Bonchev–Trinajstić information content (AvgIpc) is 2.65. The average molecular weight is 388 g/mol. The molecule has 2 rings (SSSR count). The van der Waals surface area contributed by atoms with Crippen molar-refractivity contribution in [3.8, 4) is 0 Å². The van der Waals surface area contributed by atoms with Crippen molar-refractivity contribution in [3.63, 3.8) is 0 Å². The summed E-state index contributed by atoms with van der Waals surface area (Å²) < 4.78 is 1.81. The molecule has 1 aromatic heterocycles. The highest BCUT2D eigenvalue weighted by molar-refractivity contribution is 9.13. The van der Waals surface area contributed by atoms with Crippen LogP contribution in [0.3, 0.4) is 0 Å². The summed E-state index contributed by atoms with van der Waals surface area (Å²) in [6.45, 7) is 4.09. The van der Waals surface area contributed by atoms with Crippen molar-refractivity contribution in [2.45, 2.75) is 20.3 Å². The Morgan fingerprint density at radius 1 is 1.28 bits per heavy atom. The summed E-state index contributed by atoms with van der Waals surface area (Å²) in [7, 11) is 0. The zero-order valence-corrected chi connectivity index (χ0v) is 14.1. The number of hydrogen-bond donors (Lipinski definition) is 0. The SMILES string of the molecule is Cc1ccc(C)c(CC(=O)c2scc(Br)c2Br)c1. The van der Waals surface area contributed by atoms with Crippen molar-refractivity contribution in [1.29, 1.82) is 0 Å². The lowest BCUT2D eigenvalue weighted by molar-refractivity contribution is 0.0996. The molecule has 0 aliphatic rings. The largest absolute Gasteiger partial charge is 0.293 e. The summed E-state index contributed by atoms with van der Waals surface area (Å²) in [5, 5.41) is 1.93. The fourth-order valence-corrected chi connectivity index (χ4v) is 3.89. The van der Waals surface area contributed by atoms with Gasteiger partial charge in [-0.2, -0.15) is 0 Å². The topological polar surface area (TPSA) is 17.1 Å². The van der Waals surface area contributed by atoms with Crippen molar-refractivity contribution in [1.82, 2.24) is 0 Å². The van der Waals surface area contributed by atoms with Gasteiger partial charge in [-0.25, -0.2) is 0 Å².